The Morgan fingerprint density at radius 1 is 1.36 bits per heavy atom. The van der Waals surface area contributed by atoms with Gasteiger partial charge in [-0.3, -0.25) is 0 Å². The molecule has 0 aromatic carbocycles. The number of allylic oxidation sites excluding steroid dienone is 2. The smallest absolute Gasteiger partial charge is 0.120 e. The van der Waals surface area contributed by atoms with E-state index in [1.165, 1.54) is 0 Å². The highest BCUT2D eigenvalue weighted by molar-refractivity contribution is 6.18. The van der Waals surface area contributed by atoms with Gasteiger partial charge in [0.15, 0.2) is 0 Å². The van der Waals surface area contributed by atoms with Crippen LogP contribution in [-0.4, -0.2) is 12.2 Å². The Morgan fingerprint density at radius 2 is 2.00 bits per heavy atom. The van der Waals surface area contributed by atoms with Gasteiger partial charge in [0.2, 0.25) is 0 Å². The molecule has 2 heteroatoms. The zero-order chi connectivity index (χ0) is 8.10. The van der Waals surface area contributed by atoms with E-state index in [-0.39, 0.29) is 0 Å². The molecule has 0 aromatic rings. The lowest BCUT2D eigenvalue weighted by Gasteiger charge is -2.24. The summed E-state index contributed by atoms with van der Waals surface area (Å²) >= 11 is 5.76. The number of rotatable bonds is 3. The molecule has 1 nitrogen and oxygen atoms in total. The van der Waals surface area contributed by atoms with Gasteiger partial charge < -0.3 is 4.79 Å². The van der Waals surface area contributed by atoms with Gasteiger partial charge in [0, 0.05) is 12.3 Å². The lowest BCUT2D eigenvalue weighted by Crippen LogP contribution is -2.18. The third-order valence-corrected chi connectivity index (χ3v) is 2.70. The van der Waals surface area contributed by atoms with E-state index in [2.05, 4.69) is 12.2 Å². The van der Waals surface area contributed by atoms with Gasteiger partial charge in [0.25, 0.3) is 0 Å². The minimum absolute atomic E-state index is 0.495. The quantitative estimate of drug-likeness (QED) is 0.363. The normalized spacial score (nSPS) is 30.3. The molecule has 0 N–H and O–H groups in total. The SMILES string of the molecule is O=CCC1CC=CCC1CCl. The second-order valence-electron chi connectivity index (χ2n) is 3.02. The highest BCUT2D eigenvalue weighted by Crippen LogP contribution is 2.28. The molecule has 0 radical (unpaired) electrons. The van der Waals surface area contributed by atoms with Crippen LogP contribution in [0.2, 0.25) is 0 Å². The highest BCUT2D eigenvalue weighted by atomic mass is 35.5. The van der Waals surface area contributed by atoms with Crippen molar-refractivity contribution >= 4 is 17.9 Å². The van der Waals surface area contributed by atoms with Crippen molar-refractivity contribution in [3.63, 3.8) is 0 Å². The Balaban J connectivity index is 2.46. The van der Waals surface area contributed by atoms with Crippen LogP contribution >= 0.6 is 11.6 Å². The van der Waals surface area contributed by atoms with Crippen LogP contribution in [0.25, 0.3) is 0 Å². The molecule has 0 amide bonds. The molecule has 2 unspecified atom stereocenters. The van der Waals surface area contributed by atoms with E-state index >= 15 is 0 Å². The molecule has 0 heterocycles. The van der Waals surface area contributed by atoms with Crippen LogP contribution in [0.4, 0.5) is 0 Å². The number of aldehydes is 1. The zero-order valence-corrected chi connectivity index (χ0v) is 7.26. The van der Waals surface area contributed by atoms with Crippen LogP contribution in [0.1, 0.15) is 19.3 Å². The average Bonchev–Trinajstić information content (AvgIpc) is 2.06. The first-order valence-corrected chi connectivity index (χ1v) is 4.56. The van der Waals surface area contributed by atoms with Gasteiger partial charge in [0.1, 0.15) is 6.29 Å². The Labute approximate surface area is 72.4 Å². The number of hydrogen-bond donors (Lipinski definition) is 0. The van der Waals surface area contributed by atoms with Crippen molar-refractivity contribution < 1.29 is 4.79 Å². The summed E-state index contributed by atoms with van der Waals surface area (Å²) in [5.41, 5.74) is 0. The fourth-order valence-electron chi connectivity index (χ4n) is 1.53. The number of alkyl halides is 1. The van der Waals surface area contributed by atoms with Crippen molar-refractivity contribution in [1.82, 2.24) is 0 Å². The molecule has 2 atom stereocenters. The van der Waals surface area contributed by atoms with Gasteiger partial charge in [-0.15, -0.1) is 11.6 Å². The van der Waals surface area contributed by atoms with E-state index in [4.69, 9.17) is 11.6 Å². The number of hydrogen-bond acceptors (Lipinski definition) is 1. The Hall–Kier alpha value is -0.300. The van der Waals surface area contributed by atoms with Gasteiger partial charge >= 0.3 is 0 Å². The topological polar surface area (TPSA) is 17.1 Å². The summed E-state index contributed by atoms with van der Waals surface area (Å²) < 4.78 is 0. The average molecular weight is 173 g/mol. The van der Waals surface area contributed by atoms with E-state index in [1.807, 2.05) is 0 Å². The van der Waals surface area contributed by atoms with Gasteiger partial charge in [-0.2, -0.15) is 0 Å². The van der Waals surface area contributed by atoms with Crippen LogP contribution in [0.15, 0.2) is 12.2 Å². The fraction of sp³-hybridized carbons (Fsp3) is 0.667. The molecule has 0 bridgehead atoms. The molecule has 0 saturated carbocycles. The van der Waals surface area contributed by atoms with E-state index in [0.717, 1.165) is 19.1 Å². The first-order chi connectivity index (χ1) is 5.38. The van der Waals surface area contributed by atoms with Crippen LogP contribution in [-0.2, 0) is 4.79 Å². The molecule has 1 aliphatic carbocycles. The van der Waals surface area contributed by atoms with Crippen molar-refractivity contribution in [2.75, 3.05) is 5.88 Å². The summed E-state index contributed by atoms with van der Waals surface area (Å²) in [4.78, 5) is 10.3. The summed E-state index contributed by atoms with van der Waals surface area (Å²) in [6, 6.07) is 0. The molecule has 0 saturated heterocycles. The maximum atomic E-state index is 10.3. The van der Waals surface area contributed by atoms with Crippen LogP contribution < -0.4 is 0 Å². The largest absolute Gasteiger partial charge is 0.303 e. The van der Waals surface area contributed by atoms with Gasteiger partial charge in [-0.05, 0) is 24.7 Å². The van der Waals surface area contributed by atoms with Crippen molar-refractivity contribution in [2.45, 2.75) is 19.3 Å². The lowest BCUT2D eigenvalue weighted by molar-refractivity contribution is -0.108. The van der Waals surface area contributed by atoms with Gasteiger partial charge in [-0.25, -0.2) is 0 Å². The molecule has 0 aliphatic heterocycles. The number of carbonyl (C=O) groups is 1. The van der Waals surface area contributed by atoms with Gasteiger partial charge in [0.05, 0.1) is 0 Å². The third-order valence-electron chi connectivity index (χ3n) is 2.31. The van der Waals surface area contributed by atoms with Crippen molar-refractivity contribution in [3.8, 4) is 0 Å². The summed E-state index contributed by atoms with van der Waals surface area (Å²) in [5.74, 6) is 1.70. The second kappa shape index (κ2) is 4.55. The van der Waals surface area contributed by atoms with E-state index < -0.39 is 0 Å². The highest BCUT2D eigenvalue weighted by Gasteiger charge is 2.20. The maximum absolute atomic E-state index is 10.3. The monoisotopic (exact) mass is 172 g/mol. The summed E-state index contributed by atoms with van der Waals surface area (Å²) in [7, 11) is 0. The molecule has 1 rings (SSSR count). The van der Waals surface area contributed by atoms with Crippen molar-refractivity contribution in [2.24, 2.45) is 11.8 Å². The third kappa shape index (κ3) is 2.33. The van der Waals surface area contributed by atoms with Crippen LogP contribution in [0, 0.1) is 11.8 Å². The fourth-order valence-corrected chi connectivity index (χ4v) is 1.91. The van der Waals surface area contributed by atoms with Crippen molar-refractivity contribution in [1.29, 1.82) is 0 Å². The van der Waals surface area contributed by atoms with Gasteiger partial charge in [-0.1, -0.05) is 12.2 Å². The first-order valence-electron chi connectivity index (χ1n) is 4.03. The predicted octanol–water partition coefficient (Wildman–Crippen LogP) is 2.40. The number of carbonyl (C=O) groups excluding carboxylic acids is 1. The molecular weight excluding hydrogens is 160 g/mol. The maximum Gasteiger partial charge on any atom is 0.120 e. The predicted molar refractivity (Wildman–Crippen MR) is 46.8 cm³/mol. The minimum Gasteiger partial charge on any atom is -0.303 e. The molecular formula is C9H13ClO. The van der Waals surface area contributed by atoms with Crippen LogP contribution in [0.3, 0.4) is 0 Å². The van der Waals surface area contributed by atoms with Crippen molar-refractivity contribution in [3.05, 3.63) is 12.2 Å². The molecule has 0 aromatic heterocycles. The molecule has 11 heavy (non-hydrogen) atoms. The van der Waals surface area contributed by atoms with E-state index in [9.17, 15) is 4.79 Å². The summed E-state index contributed by atoms with van der Waals surface area (Å²) in [6.45, 7) is 0. The first kappa shape index (κ1) is 8.79. The molecule has 1 aliphatic rings. The van der Waals surface area contributed by atoms with E-state index in [1.54, 1.807) is 0 Å². The minimum atomic E-state index is 0.495. The molecule has 0 fully saturated rings. The Kier molecular flexibility index (Phi) is 3.64. The zero-order valence-electron chi connectivity index (χ0n) is 6.50. The second-order valence-corrected chi connectivity index (χ2v) is 3.33. The Bertz CT molecular complexity index is 154. The lowest BCUT2D eigenvalue weighted by atomic mass is 9.82. The Morgan fingerprint density at radius 3 is 2.55 bits per heavy atom. The summed E-state index contributed by atoms with van der Waals surface area (Å²) in [5, 5.41) is 0. The molecule has 62 valence electrons. The number of halogens is 1. The standard InChI is InChI=1S/C9H13ClO/c10-7-9-4-2-1-3-8(9)5-6-11/h1-2,6,8-9H,3-5,7H2. The van der Waals surface area contributed by atoms with Crippen LogP contribution in [0.5, 0.6) is 0 Å². The molecule has 0 spiro atoms. The van der Waals surface area contributed by atoms with E-state index in [0.29, 0.717) is 24.1 Å². The summed E-state index contributed by atoms with van der Waals surface area (Å²) in [6.07, 6.45) is 8.05.